The molecule has 30 heavy (non-hydrogen) atoms. The van der Waals surface area contributed by atoms with Crippen molar-refractivity contribution >= 4 is 11.4 Å². The van der Waals surface area contributed by atoms with Gasteiger partial charge in [0.2, 0.25) is 0 Å². The predicted molar refractivity (Wildman–Crippen MR) is 127 cm³/mol. The van der Waals surface area contributed by atoms with Crippen molar-refractivity contribution in [3.05, 3.63) is 48.0 Å². The van der Waals surface area contributed by atoms with Crippen LogP contribution in [-0.2, 0) is 6.54 Å². The molecule has 162 valence electrons. The van der Waals surface area contributed by atoms with Gasteiger partial charge in [-0.1, -0.05) is 24.3 Å². The summed E-state index contributed by atoms with van der Waals surface area (Å²) in [5, 5.41) is 0. The number of piperazine rings is 2. The molecule has 4 rings (SSSR count). The van der Waals surface area contributed by atoms with Crippen LogP contribution in [0.25, 0.3) is 11.1 Å². The maximum atomic E-state index is 6.47. The molecule has 2 fully saturated rings. The fourth-order valence-electron chi connectivity index (χ4n) is 4.53. The largest absolute Gasteiger partial charge is 0.397 e. The van der Waals surface area contributed by atoms with Crippen LogP contribution in [-0.4, -0.2) is 87.2 Å². The van der Waals surface area contributed by atoms with E-state index in [-0.39, 0.29) is 0 Å². The quantitative estimate of drug-likeness (QED) is 0.710. The van der Waals surface area contributed by atoms with E-state index in [2.05, 4.69) is 69.1 Å². The highest BCUT2D eigenvalue weighted by Gasteiger charge is 2.18. The Hall–Kier alpha value is -2.12. The molecule has 0 bridgehead atoms. The van der Waals surface area contributed by atoms with Gasteiger partial charge in [-0.2, -0.15) is 0 Å². The van der Waals surface area contributed by atoms with Crippen molar-refractivity contribution in [2.24, 2.45) is 5.73 Å². The number of hydrogen-bond acceptors (Lipinski definition) is 6. The second kappa shape index (κ2) is 9.79. The molecule has 6 nitrogen and oxygen atoms in total. The van der Waals surface area contributed by atoms with Gasteiger partial charge >= 0.3 is 0 Å². The van der Waals surface area contributed by atoms with E-state index in [1.807, 2.05) is 0 Å². The van der Waals surface area contributed by atoms with Gasteiger partial charge < -0.3 is 21.3 Å². The van der Waals surface area contributed by atoms with E-state index in [0.29, 0.717) is 0 Å². The molecule has 2 heterocycles. The topological polar surface area (TPSA) is 65.0 Å². The highest BCUT2D eigenvalue weighted by molar-refractivity contribution is 5.77. The third-order valence-corrected chi connectivity index (χ3v) is 6.45. The smallest absolute Gasteiger partial charge is 0.0601 e. The Morgan fingerprint density at radius 2 is 1.50 bits per heavy atom. The van der Waals surface area contributed by atoms with Gasteiger partial charge in [0.1, 0.15) is 0 Å². The Morgan fingerprint density at radius 1 is 0.800 bits per heavy atom. The summed E-state index contributed by atoms with van der Waals surface area (Å²) in [5.74, 6) is 0. The van der Waals surface area contributed by atoms with E-state index in [0.717, 1.165) is 77.7 Å². The lowest BCUT2D eigenvalue weighted by Crippen LogP contribution is -2.47. The third kappa shape index (κ3) is 5.13. The van der Waals surface area contributed by atoms with Gasteiger partial charge in [-0.25, -0.2) is 0 Å². The number of nitrogens with two attached hydrogens (primary N) is 2. The first-order chi connectivity index (χ1) is 14.6. The van der Waals surface area contributed by atoms with Crippen molar-refractivity contribution in [2.75, 3.05) is 83.1 Å². The van der Waals surface area contributed by atoms with Crippen LogP contribution in [0.15, 0.2) is 42.5 Å². The average Bonchev–Trinajstić information content (AvgIpc) is 2.76. The van der Waals surface area contributed by atoms with Crippen molar-refractivity contribution in [3.8, 4) is 11.1 Å². The minimum atomic E-state index is 0.749. The molecule has 0 spiro atoms. The molecule has 0 saturated carbocycles. The summed E-state index contributed by atoms with van der Waals surface area (Å²) in [4.78, 5) is 9.76. The lowest BCUT2D eigenvalue weighted by atomic mass is 10.0. The van der Waals surface area contributed by atoms with Gasteiger partial charge in [0.05, 0.1) is 11.4 Å². The molecule has 2 saturated heterocycles. The molecule has 2 aromatic carbocycles. The summed E-state index contributed by atoms with van der Waals surface area (Å²) in [7, 11) is 2.18. The fourth-order valence-corrected chi connectivity index (χ4v) is 4.53. The SMILES string of the molecule is CN1CCN(c2ccc(-c3cccc(CN4CCN(CCN)CC4)c3)cc2N)CC1. The third-order valence-electron chi connectivity index (χ3n) is 6.45. The number of likely N-dealkylation sites (N-methyl/N-ethyl adjacent to an activating group) is 1. The summed E-state index contributed by atoms with van der Waals surface area (Å²) >= 11 is 0. The van der Waals surface area contributed by atoms with Gasteiger partial charge in [-0.05, 0) is 41.9 Å². The Morgan fingerprint density at radius 3 is 2.20 bits per heavy atom. The zero-order valence-electron chi connectivity index (χ0n) is 18.3. The van der Waals surface area contributed by atoms with Crippen LogP contribution >= 0.6 is 0 Å². The van der Waals surface area contributed by atoms with E-state index in [1.54, 1.807) is 0 Å². The molecule has 4 N–H and O–H groups in total. The molecular weight excluding hydrogens is 372 g/mol. The van der Waals surface area contributed by atoms with Crippen molar-refractivity contribution in [1.29, 1.82) is 0 Å². The summed E-state index contributed by atoms with van der Waals surface area (Å²) in [6.07, 6.45) is 0. The van der Waals surface area contributed by atoms with Gasteiger partial charge in [-0.15, -0.1) is 0 Å². The van der Waals surface area contributed by atoms with E-state index >= 15 is 0 Å². The summed E-state index contributed by atoms with van der Waals surface area (Å²) in [5.41, 5.74) is 18.0. The second-order valence-corrected chi connectivity index (χ2v) is 8.67. The summed E-state index contributed by atoms with van der Waals surface area (Å²) in [6, 6.07) is 15.5. The van der Waals surface area contributed by atoms with Crippen molar-refractivity contribution in [2.45, 2.75) is 6.54 Å². The highest BCUT2D eigenvalue weighted by atomic mass is 15.3. The molecular formula is C24H36N6. The van der Waals surface area contributed by atoms with E-state index in [9.17, 15) is 0 Å². The van der Waals surface area contributed by atoms with Gasteiger partial charge in [0.25, 0.3) is 0 Å². The summed E-state index contributed by atoms with van der Waals surface area (Å²) < 4.78 is 0. The molecule has 2 aliphatic heterocycles. The molecule has 0 amide bonds. The number of nitrogens with zero attached hydrogens (tertiary/aromatic N) is 4. The standard InChI is InChI=1S/C24H36N6/c1-27-9-15-30(16-10-27)24-6-5-22(18-23(24)26)21-4-2-3-20(17-21)19-29-13-11-28(8-7-25)12-14-29/h2-6,17-18H,7-16,19,25-26H2,1H3. The number of rotatable bonds is 6. The Labute approximate surface area is 181 Å². The molecule has 0 radical (unpaired) electrons. The van der Waals surface area contributed by atoms with E-state index in [1.165, 1.54) is 22.4 Å². The molecule has 0 atom stereocenters. The predicted octanol–water partition coefficient (Wildman–Crippen LogP) is 1.76. The monoisotopic (exact) mass is 408 g/mol. The fraction of sp³-hybridized carbons (Fsp3) is 0.500. The zero-order chi connectivity index (χ0) is 20.9. The maximum absolute atomic E-state index is 6.47. The Bertz CT molecular complexity index is 822. The van der Waals surface area contributed by atoms with Crippen LogP contribution in [0.4, 0.5) is 11.4 Å². The van der Waals surface area contributed by atoms with Gasteiger partial charge in [-0.3, -0.25) is 9.80 Å². The highest BCUT2D eigenvalue weighted by Crippen LogP contribution is 2.30. The first kappa shape index (κ1) is 21.1. The second-order valence-electron chi connectivity index (χ2n) is 8.67. The molecule has 6 heteroatoms. The van der Waals surface area contributed by atoms with E-state index < -0.39 is 0 Å². The van der Waals surface area contributed by atoms with Crippen LogP contribution in [0.1, 0.15) is 5.56 Å². The molecule has 0 unspecified atom stereocenters. The molecule has 0 aliphatic carbocycles. The molecule has 2 aliphatic rings. The number of hydrogen-bond donors (Lipinski definition) is 2. The maximum Gasteiger partial charge on any atom is 0.0601 e. The van der Waals surface area contributed by atoms with Crippen LogP contribution in [0.2, 0.25) is 0 Å². The van der Waals surface area contributed by atoms with Crippen molar-refractivity contribution in [1.82, 2.24) is 14.7 Å². The minimum absolute atomic E-state index is 0.749. The van der Waals surface area contributed by atoms with Gasteiger partial charge in [0.15, 0.2) is 0 Å². The number of benzene rings is 2. The van der Waals surface area contributed by atoms with Crippen LogP contribution in [0.5, 0.6) is 0 Å². The zero-order valence-corrected chi connectivity index (χ0v) is 18.3. The normalized spacial score (nSPS) is 19.3. The van der Waals surface area contributed by atoms with Crippen molar-refractivity contribution in [3.63, 3.8) is 0 Å². The van der Waals surface area contributed by atoms with Crippen LogP contribution < -0.4 is 16.4 Å². The lowest BCUT2D eigenvalue weighted by Gasteiger charge is -2.35. The first-order valence-electron chi connectivity index (χ1n) is 11.2. The van der Waals surface area contributed by atoms with Gasteiger partial charge in [0, 0.05) is 72.0 Å². The summed E-state index contributed by atoms with van der Waals surface area (Å²) in [6.45, 7) is 11.4. The van der Waals surface area contributed by atoms with Crippen LogP contribution in [0.3, 0.4) is 0 Å². The molecule has 2 aromatic rings. The Kier molecular flexibility index (Phi) is 6.89. The van der Waals surface area contributed by atoms with Crippen molar-refractivity contribution < 1.29 is 0 Å². The lowest BCUT2D eigenvalue weighted by molar-refractivity contribution is 0.130. The minimum Gasteiger partial charge on any atom is -0.397 e. The van der Waals surface area contributed by atoms with E-state index in [4.69, 9.17) is 11.5 Å². The van der Waals surface area contributed by atoms with Crippen LogP contribution in [0, 0.1) is 0 Å². The molecule has 0 aromatic heterocycles. The first-order valence-corrected chi connectivity index (χ1v) is 11.2. The number of anilines is 2. The Balaban J connectivity index is 1.42. The number of nitrogen functional groups attached to an aromatic ring is 1. The average molecular weight is 409 g/mol.